The molecular formula is C17H14N2O2. The van der Waals surface area contributed by atoms with E-state index in [0.29, 0.717) is 12.1 Å². The summed E-state index contributed by atoms with van der Waals surface area (Å²) in [5.41, 5.74) is 3.39. The average molecular weight is 278 g/mol. The maximum Gasteiger partial charge on any atom is 0.251 e. The Morgan fingerprint density at radius 3 is 2.62 bits per heavy atom. The number of aromatic nitrogens is 1. The Hall–Kier alpha value is -2.88. The summed E-state index contributed by atoms with van der Waals surface area (Å²) in [5, 5.41) is 2.87. The standard InChI is InChI=1S/C17H14N2O2/c20-17(14-4-2-1-3-5-14)19-11-13-6-7-16(18-10-13)15-8-9-21-12-15/h1-10,12H,11H2,(H,19,20). The normalized spacial score (nSPS) is 10.3. The molecule has 3 aromatic rings. The number of carbonyl (C=O) groups excluding carboxylic acids is 1. The van der Waals surface area contributed by atoms with E-state index in [1.807, 2.05) is 36.4 Å². The lowest BCUT2D eigenvalue weighted by Crippen LogP contribution is -2.22. The Labute approximate surface area is 122 Å². The van der Waals surface area contributed by atoms with Crippen molar-refractivity contribution in [1.82, 2.24) is 10.3 Å². The second-order valence-electron chi connectivity index (χ2n) is 4.61. The molecular weight excluding hydrogens is 264 g/mol. The zero-order valence-electron chi connectivity index (χ0n) is 11.3. The zero-order valence-corrected chi connectivity index (χ0v) is 11.3. The van der Waals surface area contributed by atoms with Gasteiger partial charge in [0.05, 0.1) is 18.2 Å². The van der Waals surface area contributed by atoms with Crippen molar-refractivity contribution in [3.63, 3.8) is 0 Å². The molecule has 4 nitrogen and oxygen atoms in total. The van der Waals surface area contributed by atoms with Gasteiger partial charge in [0.25, 0.3) is 5.91 Å². The molecule has 0 fully saturated rings. The van der Waals surface area contributed by atoms with Crippen LogP contribution in [-0.4, -0.2) is 10.9 Å². The van der Waals surface area contributed by atoms with Crippen molar-refractivity contribution in [3.05, 3.63) is 78.4 Å². The molecule has 0 unspecified atom stereocenters. The van der Waals surface area contributed by atoms with Crippen LogP contribution in [0.25, 0.3) is 11.3 Å². The number of benzene rings is 1. The minimum Gasteiger partial charge on any atom is -0.472 e. The third-order valence-electron chi connectivity index (χ3n) is 3.13. The number of pyridine rings is 1. The van der Waals surface area contributed by atoms with Crippen LogP contribution in [-0.2, 0) is 6.54 Å². The molecule has 2 aromatic heterocycles. The minimum atomic E-state index is -0.0884. The van der Waals surface area contributed by atoms with Gasteiger partial charge >= 0.3 is 0 Å². The van der Waals surface area contributed by atoms with E-state index in [2.05, 4.69) is 10.3 Å². The molecule has 0 saturated heterocycles. The number of amides is 1. The summed E-state index contributed by atoms with van der Waals surface area (Å²) in [6.45, 7) is 0.451. The number of carbonyl (C=O) groups is 1. The molecule has 4 heteroatoms. The van der Waals surface area contributed by atoms with Crippen molar-refractivity contribution in [3.8, 4) is 11.3 Å². The zero-order chi connectivity index (χ0) is 14.5. The molecule has 2 heterocycles. The fraction of sp³-hybridized carbons (Fsp3) is 0.0588. The van der Waals surface area contributed by atoms with Crippen molar-refractivity contribution in [2.24, 2.45) is 0 Å². The van der Waals surface area contributed by atoms with E-state index < -0.39 is 0 Å². The highest BCUT2D eigenvalue weighted by Gasteiger charge is 2.05. The van der Waals surface area contributed by atoms with E-state index in [1.54, 1.807) is 30.9 Å². The molecule has 21 heavy (non-hydrogen) atoms. The lowest BCUT2D eigenvalue weighted by atomic mass is 10.2. The highest BCUT2D eigenvalue weighted by atomic mass is 16.3. The number of rotatable bonds is 4. The van der Waals surface area contributed by atoms with Gasteiger partial charge in [-0.15, -0.1) is 0 Å². The molecule has 1 aromatic carbocycles. The Morgan fingerprint density at radius 2 is 1.95 bits per heavy atom. The molecule has 0 atom stereocenters. The van der Waals surface area contributed by atoms with Crippen molar-refractivity contribution < 1.29 is 9.21 Å². The van der Waals surface area contributed by atoms with Crippen LogP contribution in [0, 0.1) is 0 Å². The molecule has 0 aliphatic carbocycles. The Balaban J connectivity index is 1.62. The van der Waals surface area contributed by atoms with Gasteiger partial charge in [0, 0.05) is 23.9 Å². The summed E-state index contributed by atoms with van der Waals surface area (Å²) >= 11 is 0. The summed E-state index contributed by atoms with van der Waals surface area (Å²) in [4.78, 5) is 16.3. The molecule has 0 aliphatic rings. The molecule has 3 rings (SSSR count). The molecule has 104 valence electrons. The van der Waals surface area contributed by atoms with Crippen LogP contribution in [0.3, 0.4) is 0 Å². The van der Waals surface area contributed by atoms with E-state index in [-0.39, 0.29) is 5.91 Å². The van der Waals surface area contributed by atoms with Gasteiger partial charge in [-0.3, -0.25) is 9.78 Å². The molecule has 0 aliphatic heterocycles. The van der Waals surface area contributed by atoms with Crippen LogP contribution < -0.4 is 5.32 Å². The maximum absolute atomic E-state index is 11.9. The van der Waals surface area contributed by atoms with Gasteiger partial charge in [-0.25, -0.2) is 0 Å². The van der Waals surface area contributed by atoms with Crippen LogP contribution >= 0.6 is 0 Å². The van der Waals surface area contributed by atoms with Crippen LogP contribution in [0.15, 0.2) is 71.7 Å². The van der Waals surface area contributed by atoms with Crippen LogP contribution in [0.2, 0.25) is 0 Å². The smallest absolute Gasteiger partial charge is 0.251 e. The monoisotopic (exact) mass is 278 g/mol. The highest BCUT2D eigenvalue weighted by molar-refractivity contribution is 5.94. The van der Waals surface area contributed by atoms with E-state index in [4.69, 9.17) is 4.42 Å². The SMILES string of the molecule is O=C(NCc1ccc(-c2ccoc2)nc1)c1ccccc1. The van der Waals surface area contributed by atoms with Gasteiger partial charge in [-0.1, -0.05) is 24.3 Å². The van der Waals surface area contributed by atoms with E-state index >= 15 is 0 Å². The van der Waals surface area contributed by atoms with Crippen molar-refractivity contribution in [2.45, 2.75) is 6.54 Å². The number of nitrogens with one attached hydrogen (secondary N) is 1. The van der Waals surface area contributed by atoms with Gasteiger partial charge < -0.3 is 9.73 Å². The lowest BCUT2D eigenvalue weighted by molar-refractivity contribution is 0.0951. The van der Waals surface area contributed by atoms with Gasteiger partial charge in [0.1, 0.15) is 0 Å². The first-order valence-electron chi connectivity index (χ1n) is 6.64. The topological polar surface area (TPSA) is 55.1 Å². The molecule has 1 amide bonds. The molecule has 0 radical (unpaired) electrons. The summed E-state index contributed by atoms with van der Waals surface area (Å²) in [6, 6.07) is 14.9. The van der Waals surface area contributed by atoms with Crippen molar-refractivity contribution in [2.75, 3.05) is 0 Å². The second-order valence-corrected chi connectivity index (χ2v) is 4.61. The Bertz CT molecular complexity index is 704. The largest absolute Gasteiger partial charge is 0.472 e. The molecule has 0 spiro atoms. The van der Waals surface area contributed by atoms with Crippen LogP contribution in [0.4, 0.5) is 0 Å². The summed E-state index contributed by atoms with van der Waals surface area (Å²) in [6.07, 6.45) is 5.03. The minimum absolute atomic E-state index is 0.0884. The Morgan fingerprint density at radius 1 is 1.10 bits per heavy atom. The fourth-order valence-electron chi connectivity index (χ4n) is 1.98. The van der Waals surface area contributed by atoms with Crippen LogP contribution in [0.1, 0.15) is 15.9 Å². The predicted octanol–water partition coefficient (Wildman–Crippen LogP) is 3.27. The van der Waals surface area contributed by atoms with Gasteiger partial charge in [0.2, 0.25) is 0 Å². The number of nitrogens with zero attached hydrogens (tertiary/aromatic N) is 1. The van der Waals surface area contributed by atoms with Crippen LogP contribution in [0.5, 0.6) is 0 Å². The first kappa shape index (κ1) is 13.1. The fourth-order valence-corrected chi connectivity index (χ4v) is 1.98. The summed E-state index contributed by atoms with van der Waals surface area (Å²) in [5.74, 6) is -0.0884. The highest BCUT2D eigenvalue weighted by Crippen LogP contribution is 2.17. The first-order chi connectivity index (χ1) is 10.3. The van der Waals surface area contributed by atoms with Gasteiger partial charge in [-0.05, 0) is 29.8 Å². The summed E-state index contributed by atoms with van der Waals surface area (Å²) < 4.78 is 5.03. The Kier molecular flexibility index (Phi) is 3.78. The van der Waals surface area contributed by atoms with Gasteiger partial charge in [-0.2, -0.15) is 0 Å². The van der Waals surface area contributed by atoms with E-state index in [9.17, 15) is 4.79 Å². The quantitative estimate of drug-likeness (QED) is 0.797. The first-order valence-corrected chi connectivity index (χ1v) is 6.64. The predicted molar refractivity (Wildman–Crippen MR) is 79.6 cm³/mol. The lowest BCUT2D eigenvalue weighted by Gasteiger charge is -2.05. The van der Waals surface area contributed by atoms with Crippen molar-refractivity contribution in [1.29, 1.82) is 0 Å². The maximum atomic E-state index is 11.9. The van der Waals surface area contributed by atoms with E-state index in [1.165, 1.54) is 0 Å². The third kappa shape index (κ3) is 3.17. The number of hydrogen-bond acceptors (Lipinski definition) is 3. The molecule has 1 N–H and O–H groups in total. The van der Waals surface area contributed by atoms with Crippen molar-refractivity contribution >= 4 is 5.91 Å². The average Bonchev–Trinajstić information content (AvgIpc) is 3.08. The summed E-state index contributed by atoms with van der Waals surface area (Å²) in [7, 11) is 0. The number of hydrogen-bond donors (Lipinski definition) is 1. The molecule has 0 saturated carbocycles. The third-order valence-corrected chi connectivity index (χ3v) is 3.13. The molecule has 0 bridgehead atoms. The number of furan rings is 1. The van der Waals surface area contributed by atoms with Gasteiger partial charge in [0.15, 0.2) is 0 Å². The van der Waals surface area contributed by atoms with E-state index in [0.717, 1.165) is 16.8 Å². The second kappa shape index (κ2) is 6.05.